The molecule has 5 heteroatoms. The smallest absolute Gasteiger partial charge is 0.122 e. The Morgan fingerprint density at radius 1 is 1.47 bits per heavy atom. The Labute approximate surface area is 121 Å². The van der Waals surface area contributed by atoms with E-state index in [9.17, 15) is 0 Å². The van der Waals surface area contributed by atoms with Crippen LogP contribution in [-0.2, 0) is 6.54 Å². The first-order chi connectivity index (χ1) is 8.92. The minimum absolute atomic E-state index is 0.419. The second-order valence-electron chi connectivity index (χ2n) is 4.92. The second-order valence-corrected chi connectivity index (χ2v) is 5.44. The summed E-state index contributed by atoms with van der Waals surface area (Å²) in [6.45, 7) is 7.92. The van der Waals surface area contributed by atoms with Gasteiger partial charge in [0.15, 0.2) is 0 Å². The minimum atomic E-state index is 0.419. The van der Waals surface area contributed by atoms with Crippen LogP contribution in [0.3, 0.4) is 0 Å². The van der Waals surface area contributed by atoms with Gasteiger partial charge in [0, 0.05) is 43.4 Å². The summed E-state index contributed by atoms with van der Waals surface area (Å²) in [5, 5.41) is 0. The number of aromatic nitrogens is 1. The van der Waals surface area contributed by atoms with E-state index < -0.39 is 0 Å². The summed E-state index contributed by atoms with van der Waals surface area (Å²) < 4.78 is 5.28. The molecule has 2 N–H and O–H groups in total. The SMILES string of the molecule is COc1cc(C)nc(CN(CCC(N)=S)C(C)C)c1. The van der Waals surface area contributed by atoms with Crippen molar-refractivity contribution in [1.82, 2.24) is 9.88 Å². The first-order valence-electron chi connectivity index (χ1n) is 6.46. The largest absolute Gasteiger partial charge is 0.497 e. The maximum atomic E-state index is 5.57. The third-order valence-corrected chi connectivity index (χ3v) is 3.16. The van der Waals surface area contributed by atoms with Crippen LogP contribution in [0, 0.1) is 6.92 Å². The van der Waals surface area contributed by atoms with E-state index in [4.69, 9.17) is 22.7 Å². The fraction of sp³-hybridized carbons (Fsp3) is 0.571. The summed E-state index contributed by atoms with van der Waals surface area (Å²) in [6, 6.07) is 4.32. The van der Waals surface area contributed by atoms with E-state index in [1.807, 2.05) is 19.1 Å². The van der Waals surface area contributed by atoms with Crippen LogP contribution in [0.1, 0.15) is 31.7 Å². The van der Waals surface area contributed by atoms with Gasteiger partial charge in [0.2, 0.25) is 0 Å². The lowest BCUT2D eigenvalue weighted by atomic mass is 10.2. The number of hydrogen-bond donors (Lipinski definition) is 1. The van der Waals surface area contributed by atoms with Crippen LogP contribution in [0.5, 0.6) is 5.75 Å². The lowest BCUT2D eigenvalue weighted by molar-refractivity contribution is 0.216. The van der Waals surface area contributed by atoms with Crippen LogP contribution >= 0.6 is 12.2 Å². The number of pyridine rings is 1. The average molecular weight is 281 g/mol. The van der Waals surface area contributed by atoms with Crippen molar-refractivity contribution in [1.29, 1.82) is 0 Å². The number of nitrogens with two attached hydrogens (primary N) is 1. The van der Waals surface area contributed by atoms with Crippen molar-refractivity contribution in [3.8, 4) is 5.75 Å². The quantitative estimate of drug-likeness (QED) is 0.777. The molecule has 0 amide bonds. The molecule has 106 valence electrons. The Morgan fingerprint density at radius 3 is 2.68 bits per heavy atom. The van der Waals surface area contributed by atoms with E-state index in [-0.39, 0.29) is 0 Å². The molecule has 0 radical (unpaired) electrons. The van der Waals surface area contributed by atoms with Crippen LogP contribution in [0.15, 0.2) is 12.1 Å². The van der Waals surface area contributed by atoms with Gasteiger partial charge in [0.1, 0.15) is 5.75 Å². The van der Waals surface area contributed by atoms with Gasteiger partial charge in [-0.05, 0) is 20.8 Å². The van der Waals surface area contributed by atoms with Gasteiger partial charge in [-0.1, -0.05) is 12.2 Å². The van der Waals surface area contributed by atoms with E-state index in [1.54, 1.807) is 7.11 Å². The zero-order valence-electron chi connectivity index (χ0n) is 12.1. The zero-order valence-corrected chi connectivity index (χ0v) is 13.0. The van der Waals surface area contributed by atoms with Gasteiger partial charge < -0.3 is 10.5 Å². The molecule has 0 bridgehead atoms. The Balaban J connectivity index is 2.78. The van der Waals surface area contributed by atoms with E-state index in [1.165, 1.54) is 0 Å². The second kappa shape index (κ2) is 7.40. The maximum absolute atomic E-state index is 5.57. The van der Waals surface area contributed by atoms with E-state index in [2.05, 4.69) is 23.7 Å². The minimum Gasteiger partial charge on any atom is -0.497 e. The summed E-state index contributed by atoms with van der Waals surface area (Å²) in [4.78, 5) is 7.41. The highest BCUT2D eigenvalue weighted by Gasteiger charge is 2.12. The van der Waals surface area contributed by atoms with E-state index in [0.717, 1.165) is 36.6 Å². The molecule has 0 fully saturated rings. The number of methoxy groups -OCH3 is 1. The number of thiocarbonyl (C=S) groups is 1. The molecule has 0 saturated carbocycles. The number of aryl methyl sites for hydroxylation is 1. The van der Waals surface area contributed by atoms with Crippen molar-refractivity contribution >= 4 is 17.2 Å². The monoisotopic (exact) mass is 281 g/mol. The number of hydrogen-bond acceptors (Lipinski definition) is 4. The molecule has 19 heavy (non-hydrogen) atoms. The summed E-state index contributed by atoms with van der Waals surface area (Å²) in [6.07, 6.45) is 0.733. The van der Waals surface area contributed by atoms with Crippen molar-refractivity contribution in [2.75, 3.05) is 13.7 Å². The maximum Gasteiger partial charge on any atom is 0.122 e. The molecule has 0 spiro atoms. The number of nitrogens with zero attached hydrogens (tertiary/aromatic N) is 2. The molecule has 1 heterocycles. The van der Waals surface area contributed by atoms with Gasteiger partial charge in [0.05, 0.1) is 17.8 Å². The van der Waals surface area contributed by atoms with Gasteiger partial charge in [0.25, 0.3) is 0 Å². The summed E-state index contributed by atoms with van der Waals surface area (Å²) in [7, 11) is 1.67. The Hall–Kier alpha value is -1.20. The normalized spacial score (nSPS) is 11.1. The predicted octanol–water partition coefficient (Wildman–Crippen LogP) is 2.29. The third kappa shape index (κ3) is 5.53. The molecular weight excluding hydrogens is 258 g/mol. The molecule has 0 saturated heterocycles. The Kier molecular flexibility index (Phi) is 6.18. The molecule has 0 unspecified atom stereocenters. The van der Waals surface area contributed by atoms with Gasteiger partial charge in [-0.2, -0.15) is 0 Å². The molecule has 4 nitrogen and oxygen atoms in total. The van der Waals surface area contributed by atoms with Crippen molar-refractivity contribution < 1.29 is 4.74 Å². The topological polar surface area (TPSA) is 51.4 Å². The molecule has 0 aliphatic rings. The molecule has 1 rings (SSSR count). The van der Waals surface area contributed by atoms with Crippen molar-refractivity contribution in [2.45, 2.75) is 39.8 Å². The van der Waals surface area contributed by atoms with Crippen LogP contribution in [0.25, 0.3) is 0 Å². The highest BCUT2D eigenvalue weighted by Crippen LogP contribution is 2.16. The molecule has 0 atom stereocenters. The molecule has 0 aliphatic heterocycles. The lowest BCUT2D eigenvalue weighted by Crippen LogP contribution is -2.33. The van der Waals surface area contributed by atoms with Crippen LogP contribution < -0.4 is 10.5 Å². The van der Waals surface area contributed by atoms with Crippen molar-refractivity contribution in [3.63, 3.8) is 0 Å². The first-order valence-corrected chi connectivity index (χ1v) is 6.87. The number of rotatable bonds is 7. The Morgan fingerprint density at radius 2 is 2.16 bits per heavy atom. The van der Waals surface area contributed by atoms with Crippen molar-refractivity contribution in [2.24, 2.45) is 5.73 Å². The highest BCUT2D eigenvalue weighted by molar-refractivity contribution is 7.80. The van der Waals surface area contributed by atoms with Gasteiger partial charge in [-0.3, -0.25) is 9.88 Å². The Bertz CT molecular complexity index is 435. The van der Waals surface area contributed by atoms with E-state index in [0.29, 0.717) is 11.0 Å². The summed E-state index contributed by atoms with van der Waals surface area (Å²) >= 11 is 4.94. The summed E-state index contributed by atoms with van der Waals surface area (Å²) in [5.74, 6) is 0.848. The molecule has 0 aliphatic carbocycles. The van der Waals surface area contributed by atoms with Crippen LogP contribution in [0.4, 0.5) is 0 Å². The molecular formula is C14H23N3OS. The molecule has 0 aromatic carbocycles. The molecule has 1 aromatic heterocycles. The van der Waals surface area contributed by atoms with Crippen LogP contribution in [0.2, 0.25) is 0 Å². The van der Waals surface area contributed by atoms with Gasteiger partial charge in [-0.25, -0.2) is 0 Å². The fourth-order valence-corrected chi connectivity index (χ4v) is 1.97. The zero-order chi connectivity index (χ0) is 14.4. The lowest BCUT2D eigenvalue weighted by Gasteiger charge is -2.26. The third-order valence-electron chi connectivity index (χ3n) is 2.96. The highest BCUT2D eigenvalue weighted by atomic mass is 32.1. The van der Waals surface area contributed by atoms with E-state index >= 15 is 0 Å². The predicted molar refractivity (Wildman–Crippen MR) is 82.5 cm³/mol. The summed E-state index contributed by atoms with van der Waals surface area (Å²) in [5.41, 5.74) is 7.55. The van der Waals surface area contributed by atoms with Gasteiger partial charge >= 0.3 is 0 Å². The standard InChI is InChI=1S/C14H23N3OS/c1-10(2)17(6-5-14(15)19)9-12-8-13(18-4)7-11(3)16-12/h7-8,10H,5-6,9H2,1-4H3,(H2,15,19). The number of ether oxygens (including phenoxy) is 1. The average Bonchev–Trinajstić information content (AvgIpc) is 2.33. The van der Waals surface area contributed by atoms with Crippen LogP contribution in [-0.4, -0.2) is 34.6 Å². The molecule has 1 aromatic rings. The first kappa shape index (κ1) is 15.9. The fourth-order valence-electron chi connectivity index (χ4n) is 1.88. The van der Waals surface area contributed by atoms with Crippen molar-refractivity contribution in [3.05, 3.63) is 23.5 Å². The van der Waals surface area contributed by atoms with Gasteiger partial charge in [-0.15, -0.1) is 0 Å².